The maximum Gasteiger partial charge on any atom is 0.223 e. The number of piperazine rings is 1. The molecule has 22 heavy (non-hydrogen) atoms. The Morgan fingerprint density at radius 1 is 1.18 bits per heavy atom. The molecule has 6 heteroatoms. The Kier molecular flexibility index (Phi) is 5.99. The van der Waals surface area contributed by atoms with Crippen molar-refractivity contribution in [1.82, 2.24) is 19.3 Å². The van der Waals surface area contributed by atoms with Crippen LogP contribution in [-0.4, -0.2) is 77.7 Å². The molecule has 2 rings (SSSR count). The van der Waals surface area contributed by atoms with Crippen molar-refractivity contribution >= 4 is 0 Å². The summed E-state index contributed by atoms with van der Waals surface area (Å²) in [6.07, 6.45) is 1.57. The second kappa shape index (κ2) is 7.76. The monoisotopic (exact) mass is 308 g/mol. The van der Waals surface area contributed by atoms with Gasteiger partial charge in [-0.3, -0.25) is 9.69 Å². The summed E-state index contributed by atoms with van der Waals surface area (Å²) in [5.74, 6) is -0.168. The minimum atomic E-state index is -0.289. The zero-order chi connectivity index (χ0) is 16.1. The SMILES string of the molecule is CCN1CCN(Cc2cc(=O)c(O)cn2CCN(C)C)CC1. The van der Waals surface area contributed by atoms with E-state index in [-0.39, 0.29) is 11.2 Å². The van der Waals surface area contributed by atoms with Crippen LogP contribution in [0.25, 0.3) is 0 Å². The predicted molar refractivity (Wildman–Crippen MR) is 88.3 cm³/mol. The number of likely N-dealkylation sites (N-methyl/N-ethyl adjacent to an activating group) is 2. The molecule has 0 aromatic carbocycles. The highest BCUT2D eigenvalue weighted by Crippen LogP contribution is 2.11. The van der Waals surface area contributed by atoms with Gasteiger partial charge in [0.15, 0.2) is 5.75 Å². The molecule has 1 fully saturated rings. The van der Waals surface area contributed by atoms with Gasteiger partial charge in [0.2, 0.25) is 5.43 Å². The summed E-state index contributed by atoms with van der Waals surface area (Å²) in [5, 5.41) is 9.70. The average molecular weight is 308 g/mol. The molecule has 0 amide bonds. The number of hydrogen-bond acceptors (Lipinski definition) is 5. The zero-order valence-electron chi connectivity index (χ0n) is 14.0. The van der Waals surface area contributed by atoms with Gasteiger partial charge in [-0.25, -0.2) is 0 Å². The van der Waals surface area contributed by atoms with Gasteiger partial charge < -0.3 is 19.5 Å². The molecule has 1 aromatic rings. The van der Waals surface area contributed by atoms with Gasteiger partial charge in [-0.2, -0.15) is 0 Å². The Morgan fingerprint density at radius 3 is 2.41 bits per heavy atom. The maximum absolute atomic E-state index is 11.8. The van der Waals surface area contributed by atoms with Crippen LogP contribution in [0.5, 0.6) is 5.75 Å². The van der Waals surface area contributed by atoms with Gasteiger partial charge in [0.1, 0.15) is 0 Å². The first-order chi connectivity index (χ1) is 10.5. The molecule has 1 aromatic heterocycles. The number of pyridine rings is 1. The highest BCUT2D eigenvalue weighted by atomic mass is 16.3. The van der Waals surface area contributed by atoms with E-state index in [0.29, 0.717) is 0 Å². The number of nitrogens with zero attached hydrogens (tertiary/aromatic N) is 4. The summed E-state index contributed by atoms with van der Waals surface area (Å²) in [7, 11) is 4.04. The van der Waals surface area contributed by atoms with Crippen molar-refractivity contribution in [2.75, 3.05) is 53.4 Å². The standard InChI is InChI=1S/C16H28N4O2/c1-4-18-6-8-19(9-7-18)12-14-11-15(21)16(22)13-20(14)10-5-17(2)3/h11,13,22H,4-10,12H2,1-3H3. The number of aromatic nitrogens is 1. The van der Waals surface area contributed by atoms with Gasteiger partial charge in [0.05, 0.1) is 6.20 Å². The lowest BCUT2D eigenvalue weighted by Gasteiger charge is -2.34. The van der Waals surface area contributed by atoms with Crippen molar-refractivity contribution in [3.8, 4) is 5.75 Å². The van der Waals surface area contributed by atoms with E-state index in [9.17, 15) is 9.90 Å². The lowest BCUT2D eigenvalue weighted by atomic mass is 10.2. The third-order valence-corrected chi connectivity index (χ3v) is 4.28. The van der Waals surface area contributed by atoms with Crippen molar-refractivity contribution < 1.29 is 5.11 Å². The van der Waals surface area contributed by atoms with Gasteiger partial charge in [-0.15, -0.1) is 0 Å². The van der Waals surface area contributed by atoms with E-state index in [4.69, 9.17) is 0 Å². The van der Waals surface area contributed by atoms with Crippen LogP contribution in [0.4, 0.5) is 0 Å². The number of hydrogen-bond donors (Lipinski definition) is 1. The summed E-state index contributed by atoms with van der Waals surface area (Å²) in [4.78, 5) is 18.7. The Hall–Kier alpha value is -1.37. The molecule has 1 aliphatic rings. The predicted octanol–water partition coefficient (Wildman–Crippen LogP) is 0.253. The molecule has 0 unspecified atom stereocenters. The lowest BCUT2D eigenvalue weighted by Crippen LogP contribution is -2.46. The van der Waals surface area contributed by atoms with Crippen molar-refractivity contribution in [3.05, 3.63) is 28.2 Å². The van der Waals surface area contributed by atoms with Crippen molar-refractivity contribution in [3.63, 3.8) is 0 Å². The Bertz CT molecular complexity index is 533. The zero-order valence-corrected chi connectivity index (χ0v) is 14.0. The molecule has 6 nitrogen and oxygen atoms in total. The van der Waals surface area contributed by atoms with E-state index in [1.165, 1.54) is 0 Å². The Balaban J connectivity index is 2.08. The highest BCUT2D eigenvalue weighted by molar-refractivity contribution is 5.20. The molecule has 0 radical (unpaired) electrons. The third kappa shape index (κ3) is 4.56. The summed E-state index contributed by atoms with van der Waals surface area (Å²) in [6, 6.07) is 1.58. The maximum atomic E-state index is 11.8. The smallest absolute Gasteiger partial charge is 0.223 e. The lowest BCUT2D eigenvalue weighted by molar-refractivity contribution is 0.129. The topological polar surface area (TPSA) is 52.0 Å². The molecule has 0 aliphatic carbocycles. The molecule has 0 atom stereocenters. The van der Waals surface area contributed by atoms with Gasteiger partial charge in [0.25, 0.3) is 0 Å². The van der Waals surface area contributed by atoms with Gasteiger partial charge in [-0.05, 0) is 20.6 Å². The van der Waals surface area contributed by atoms with E-state index in [0.717, 1.165) is 58.1 Å². The van der Waals surface area contributed by atoms with Gasteiger partial charge >= 0.3 is 0 Å². The number of rotatable bonds is 6. The minimum Gasteiger partial charge on any atom is -0.503 e. The van der Waals surface area contributed by atoms with Crippen LogP contribution in [0.15, 0.2) is 17.1 Å². The molecule has 2 heterocycles. The van der Waals surface area contributed by atoms with Crippen LogP contribution in [-0.2, 0) is 13.1 Å². The second-order valence-corrected chi connectivity index (χ2v) is 6.22. The van der Waals surface area contributed by atoms with Crippen LogP contribution in [0.2, 0.25) is 0 Å². The molecule has 1 N–H and O–H groups in total. The van der Waals surface area contributed by atoms with Crippen LogP contribution in [0, 0.1) is 0 Å². The summed E-state index contributed by atoms with van der Waals surface area (Å²) in [5.41, 5.74) is 0.692. The first kappa shape index (κ1) is 17.0. The quantitative estimate of drug-likeness (QED) is 0.817. The highest BCUT2D eigenvalue weighted by Gasteiger charge is 2.17. The molecule has 0 spiro atoms. The first-order valence-corrected chi connectivity index (χ1v) is 8.01. The van der Waals surface area contributed by atoms with E-state index in [1.54, 1.807) is 12.3 Å². The van der Waals surface area contributed by atoms with E-state index in [1.807, 2.05) is 18.7 Å². The van der Waals surface area contributed by atoms with Crippen molar-refractivity contribution in [2.45, 2.75) is 20.0 Å². The molecular weight excluding hydrogens is 280 g/mol. The minimum absolute atomic E-state index is 0.168. The van der Waals surface area contributed by atoms with Crippen LogP contribution < -0.4 is 5.43 Å². The average Bonchev–Trinajstić information content (AvgIpc) is 2.50. The molecule has 0 bridgehead atoms. The van der Waals surface area contributed by atoms with Crippen LogP contribution in [0.3, 0.4) is 0 Å². The number of aromatic hydroxyl groups is 1. The molecule has 1 saturated heterocycles. The fourth-order valence-electron chi connectivity index (χ4n) is 2.75. The Labute approximate surface area is 132 Å². The normalized spacial score (nSPS) is 17.3. The van der Waals surface area contributed by atoms with E-state index in [2.05, 4.69) is 21.6 Å². The molecular formula is C16H28N4O2. The summed E-state index contributed by atoms with van der Waals surface area (Å²) in [6.45, 7) is 9.90. The summed E-state index contributed by atoms with van der Waals surface area (Å²) >= 11 is 0. The van der Waals surface area contributed by atoms with Crippen LogP contribution >= 0.6 is 0 Å². The molecule has 0 saturated carbocycles. The third-order valence-electron chi connectivity index (χ3n) is 4.28. The van der Waals surface area contributed by atoms with Crippen molar-refractivity contribution in [1.29, 1.82) is 0 Å². The fraction of sp³-hybridized carbons (Fsp3) is 0.688. The fourth-order valence-corrected chi connectivity index (χ4v) is 2.75. The van der Waals surface area contributed by atoms with Crippen molar-refractivity contribution in [2.24, 2.45) is 0 Å². The van der Waals surface area contributed by atoms with Gasteiger partial charge in [-0.1, -0.05) is 6.92 Å². The van der Waals surface area contributed by atoms with Gasteiger partial charge in [0, 0.05) is 57.6 Å². The largest absolute Gasteiger partial charge is 0.503 e. The first-order valence-electron chi connectivity index (χ1n) is 8.01. The van der Waals surface area contributed by atoms with E-state index < -0.39 is 0 Å². The molecule has 1 aliphatic heterocycles. The Morgan fingerprint density at radius 2 is 1.82 bits per heavy atom. The molecule has 124 valence electrons. The summed E-state index contributed by atoms with van der Waals surface area (Å²) < 4.78 is 2.00. The van der Waals surface area contributed by atoms with Crippen LogP contribution in [0.1, 0.15) is 12.6 Å². The second-order valence-electron chi connectivity index (χ2n) is 6.22. The van der Waals surface area contributed by atoms with E-state index >= 15 is 0 Å².